The van der Waals surface area contributed by atoms with Gasteiger partial charge in [0.05, 0.1) is 12.5 Å². The fourth-order valence-electron chi connectivity index (χ4n) is 2.87. The molecule has 0 aromatic heterocycles. The van der Waals surface area contributed by atoms with E-state index in [1.807, 2.05) is 0 Å². The summed E-state index contributed by atoms with van der Waals surface area (Å²) in [5, 5.41) is 11.2. The van der Waals surface area contributed by atoms with Gasteiger partial charge in [-0.3, -0.25) is 4.79 Å². The molecule has 1 fully saturated rings. The van der Waals surface area contributed by atoms with Gasteiger partial charge >= 0.3 is 6.18 Å². The zero-order valence-corrected chi connectivity index (χ0v) is 12.6. The molecule has 1 aromatic carbocycles. The largest absolute Gasteiger partial charge is 0.491 e. The summed E-state index contributed by atoms with van der Waals surface area (Å²) in [4.78, 5) is 12.2. The van der Waals surface area contributed by atoms with Crippen LogP contribution >= 0.6 is 0 Å². The van der Waals surface area contributed by atoms with Crippen LogP contribution < -0.4 is 10.1 Å². The summed E-state index contributed by atoms with van der Waals surface area (Å²) in [6.07, 6.45) is -2.93. The number of hydrogen-bond acceptors (Lipinski definition) is 3. The average Bonchev–Trinajstić information content (AvgIpc) is 2.53. The van der Waals surface area contributed by atoms with Crippen molar-refractivity contribution in [1.82, 2.24) is 0 Å². The Morgan fingerprint density at radius 1 is 1.22 bits per heavy atom. The molecule has 0 aliphatic heterocycles. The van der Waals surface area contributed by atoms with Gasteiger partial charge in [-0.05, 0) is 37.1 Å². The van der Waals surface area contributed by atoms with Gasteiger partial charge in [-0.2, -0.15) is 13.2 Å². The van der Waals surface area contributed by atoms with Crippen molar-refractivity contribution in [2.24, 2.45) is 11.8 Å². The van der Waals surface area contributed by atoms with E-state index in [1.165, 1.54) is 0 Å². The van der Waals surface area contributed by atoms with E-state index in [2.05, 4.69) is 5.32 Å². The minimum Gasteiger partial charge on any atom is -0.491 e. The normalized spacial score (nSPS) is 21.7. The van der Waals surface area contributed by atoms with Crippen molar-refractivity contribution in [1.29, 1.82) is 0 Å². The second-order valence-corrected chi connectivity index (χ2v) is 5.62. The number of aliphatic hydroxyl groups is 1. The highest BCUT2D eigenvalue weighted by molar-refractivity contribution is 5.92. The van der Waals surface area contributed by atoms with Gasteiger partial charge in [0.25, 0.3) is 0 Å². The highest BCUT2D eigenvalue weighted by Crippen LogP contribution is 2.41. The number of alkyl halides is 3. The topological polar surface area (TPSA) is 58.6 Å². The lowest BCUT2D eigenvalue weighted by molar-refractivity contribution is -0.197. The summed E-state index contributed by atoms with van der Waals surface area (Å²) >= 11 is 0. The Hall–Kier alpha value is -1.76. The van der Waals surface area contributed by atoms with E-state index in [4.69, 9.17) is 9.84 Å². The van der Waals surface area contributed by atoms with E-state index in [0.29, 0.717) is 24.3 Å². The lowest BCUT2D eigenvalue weighted by atomic mass is 9.78. The fourth-order valence-corrected chi connectivity index (χ4v) is 2.87. The maximum atomic E-state index is 13.0. The second-order valence-electron chi connectivity index (χ2n) is 5.62. The summed E-state index contributed by atoms with van der Waals surface area (Å²) in [5.74, 6) is -2.67. The summed E-state index contributed by atoms with van der Waals surface area (Å²) in [6.45, 7) is 0.0417. The maximum absolute atomic E-state index is 13.0. The molecule has 7 heteroatoms. The van der Waals surface area contributed by atoms with Crippen molar-refractivity contribution in [3.63, 3.8) is 0 Å². The number of carbonyl (C=O) groups excluding carboxylic acids is 1. The number of rotatable bonds is 5. The Morgan fingerprint density at radius 2 is 1.87 bits per heavy atom. The summed E-state index contributed by atoms with van der Waals surface area (Å²) in [6, 6.07) is 6.31. The lowest BCUT2D eigenvalue weighted by Gasteiger charge is -2.32. The first-order valence-electron chi connectivity index (χ1n) is 7.63. The first kappa shape index (κ1) is 17.6. The van der Waals surface area contributed by atoms with Crippen LogP contribution in [0.25, 0.3) is 0 Å². The van der Waals surface area contributed by atoms with Crippen LogP contribution in [0.2, 0.25) is 0 Å². The minimum atomic E-state index is -4.34. The molecule has 2 unspecified atom stereocenters. The summed E-state index contributed by atoms with van der Waals surface area (Å²) in [7, 11) is 0. The van der Waals surface area contributed by atoms with E-state index in [-0.39, 0.29) is 26.1 Å². The third-order valence-electron chi connectivity index (χ3n) is 4.01. The molecule has 0 radical (unpaired) electrons. The number of carbonyl (C=O) groups is 1. The Balaban J connectivity index is 1.99. The number of anilines is 1. The molecular formula is C16H20F3NO3. The zero-order valence-electron chi connectivity index (χ0n) is 12.6. The molecular weight excluding hydrogens is 311 g/mol. The molecule has 2 N–H and O–H groups in total. The van der Waals surface area contributed by atoms with Crippen LogP contribution in [0.3, 0.4) is 0 Å². The van der Waals surface area contributed by atoms with E-state index in [9.17, 15) is 18.0 Å². The van der Waals surface area contributed by atoms with Crippen LogP contribution in [0.5, 0.6) is 5.75 Å². The molecule has 128 valence electrons. The van der Waals surface area contributed by atoms with Crippen LogP contribution in [-0.2, 0) is 4.79 Å². The van der Waals surface area contributed by atoms with Gasteiger partial charge in [-0.15, -0.1) is 0 Å². The Morgan fingerprint density at radius 3 is 2.48 bits per heavy atom. The van der Waals surface area contributed by atoms with E-state index in [0.717, 1.165) is 0 Å². The third-order valence-corrected chi connectivity index (χ3v) is 4.01. The Bertz CT molecular complexity index is 516. The fraction of sp³-hybridized carbons (Fsp3) is 0.562. The standard InChI is InChI=1S/C16H20F3NO3/c17-16(18,19)14-4-2-1-3-13(14)15(22)20-11-5-7-12(8-6-11)23-10-9-21/h5-8,13-14,21H,1-4,9-10H2,(H,20,22). The van der Waals surface area contributed by atoms with Gasteiger partial charge in [0, 0.05) is 11.6 Å². The first-order chi connectivity index (χ1) is 10.9. The van der Waals surface area contributed by atoms with Crippen molar-refractivity contribution in [2.45, 2.75) is 31.9 Å². The first-order valence-corrected chi connectivity index (χ1v) is 7.63. The van der Waals surface area contributed by atoms with Crippen LogP contribution in [0.4, 0.5) is 18.9 Å². The van der Waals surface area contributed by atoms with Gasteiger partial charge in [0.2, 0.25) is 5.91 Å². The van der Waals surface area contributed by atoms with Crippen molar-refractivity contribution in [3.05, 3.63) is 24.3 Å². The Kier molecular flexibility index (Phi) is 5.87. The number of benzene rings is 1. The smallest absolute Gasteiger partial charge is 0.392 e. The number of aliphatic hydroxyl groups excluding tert-OH is 1. The number of amides is 1. The van der Waals surface area contributed by atoms with Gasteiger partial charge in [0.15, 0.2) is 0 Å². The maximum Gasteiger partial charge on any atom is 0.392 e. The molecule has 1 amide bonds. The molecule has 2 rings (SSSR count). The van der Waals surface area contributed by atoms with Crippen LogP contribution in [0, 0.1) is 11.8 Å². The molecule has 0 saturated heterocycles. The molecule has 0 bridgehead atoms. The van der Waals surface area contributed by atoms with E-state index < -0.39 is 23.9 Å². The SMILES string of the molecule is O=C(Nc1ccc(OCCO)cc1)C1CCCCC1C(F)(F)F. The van der Waals surface area contributed by atoms with Crippen LogP contribution in [0.15, 0.2) is 24.3 Å². The molecule has 1 saturated carbocycles. The van der Waals surface area contributed by atoms with E-state index in [1.54, 1.807) is 24.3 Å². The second kappa shape index (κ2) is 7.68. The monoisotopic (exact) mass is 331 g/mol. The predicted octanol–water partition coefficient (Wildman–Crippen LogP) is 3.36. The van der Waals surface area contributed by atoms with Crippen molar-refractivity contribution in [3.8, 4) is 5.75 Å². The quantitative estimate of drug-likeness (QED) is 0.870. The van der Waals surface area contributed by atoms with Gasteiger partial charge in [-0.25, -0.2) is 0 Å². The van der Waals surface area contributed by atoms with Gasteiger partial charge < -0.3 is 15.2 Å². The van der Waals surface area contributed by atoms with Crippen LogP contribution in [0.1, 0.15) is 25.7 Å². The summed E-state index contributed by atoms with van der Waals surface area (Å²) < 4.78 is 44.3. The zero-order chi connectivity index (χ0) is 16.9. The molecule has 2 atom stereocenters. The highest BCUT2D eigenvalue weighted by Gasteiger charge is 2.48. The molecule has 1 aromatic rings. The minimum absolute atomic E-state index is 0.00945. The molecule has 1 aliphatic rings. The van der Waals surface area contributed by atoms with Gasteiger partial charge in [-0.1, -0.05) is 12.8 Å². The lowest BCUT2D eigenvalue weighted by Crippen LogP contribution is -2.39. The molecule has 0 heterocycles. The number of halogens is 3. The Labute approximate surface area is 132 Å². The highest BCUT2D eigenvalue weighted by atomic mass is 19.4. The average molecular weight is 331 g/mol. The van der Waals surface area contributed by atoms with Crippen molar-refractivity contribution < 1.29 is 27.8 Å². The molecule has 4 nitrogen and oxygen atoms in total. The van der Waals surface area contributed by atoms with Crippen molar-refractivity contribution in [2.75, 3.05) is 18.5 Å². The molecule has 0 spiro atoms. The number of ether oxygens (including phenoxy) is 1. The summed E-state index contributed by atoms with van der Waals surface area (Å²) in [5.41, 5.74) is 0.429. The molecule has 23 heavy (non-hydrogen) atoms. The van der Waals surface area contributed by atoms with Gasteiger partial charge in [0.1, 0.15) is 12.4 Å². The molecule has 1 aliphatic carbocycles. The third kappa shape index (κ3) is 4.86. The number of nitrogens with one attached hydrogen (secondary N) is 1. The van der Waals surface area contributed by atoms with Crippen LogP contribution in [-0.4, -0.2) is 30.4 Å². The van der Waals surface area contributed by atoms with Crippen molar-refractivity contribution >= 4 is 11.6 Å². The van der Waals surface area contributed by atoms with E-state index >= 15 is 0 Å². The predicted molar refractivity (Wildman–Crippen MR) is 79.2 cm³/mol. The number of hydrogen-bond donors (Lipinski definition) is 2.